The molecular weight excluding hydrogens is 287 g/mol. The highest BCUT2D eigenvalue weighted by molar-refractivity contribution is 6.39. The summed E-state index contributed by atoms with van der Waals surface area (Å²) in [4.78, 5) is 12.4. The van der Waals surface area contributed by atoms with Gasteiger partial charge in [0.2, 0.25) is 0 Å². The number of nitrogens with zero attached hydrogens (tertiary/aromatic N) is 2. The molecule has 1 aliphatic rings. The smallest absolute Gasteiger partial charge is 0.272 e. The molecule has 0 saturated carbocycles. The molecule has 6 heteroatoms. The quantitative estimate of drug-likeness (QED) is 0.601. The van der Waals surface area contributed by atoms with Crippen LogP contribution in [0.2, 0.25) is 10.0 Å². The fourth-order valence-electron chi connectivity index (χ4n) is 2.81. The second-order valence-electron chi connectivity index (χ2n) is 5.37. The highest BCUT2D eigenvalue weighted by atomic mass is 35.5. The lowest BCUT2D eigenvalue weighted by Crippen LogP contribution is -2.39. The molecule has 1 aromatic rings. The lowest BCUT2D eigenvalue weighted by molar-refractivity contribution is -0.384. The van der Waals surface area contributed by atoms with Crippen molar-refractivity contribution in [3.8, 4) is 0 Å². The molecule has 0 aliphatic carbocycles. The zero-order valence-corrected chi connectivity index (χ0v) is 12.4. The van der Waals surface area contributed by atoms with Crippen molar-refractivity contribution in [3.05, 3.63) is 32.3 Å². The number of nitro groups is 1. The van der Waals surface area contributed by atoms with Crippen LogP contribution in [0.25, 0.3) is 0 Å². The van der Waals surface area contributed by atoms with E-state index in [9.17, 15) is 10.1 Å². The maximum Gasteiger partial charge on any atom is 0.272 e. The van der Waals surface area contributed by atoms with Crippen molar-refractivity contribution < 1.29 is 4.92 Å². The van der Waals surface area contributed by atoms with Crippen LogP contribution in [-0.4, -0.2) is 18.0 Å². The first kappa shape index (κ1) is 14.4. The molecule has 1 aliphatic heterocycles. The van der Waals surface area contributed by atoms with Gasteiger partial charge in [-0.15, -0.1) is 0 Å². The Morgan fingerprint density at radius 1 is 1.21 bits per heavy atom. The minimum absolute atomic E-state index is 0.0724. The van der Waals surface area contributed by atoms with Crippen molar-refractivity contribution in [1.29, 1.82) is 0 Å². The van der Waals surface area contributed by atoms with Crippen LogP contribution in [0.3, 0.4) is 0 Å². The summed E-state index contributed by atoms with van der Waals surface area (Å²) < 4.78 is 0. The summed E-state index contributed by atoms with van der Waals surface area (Å²) >= 11 is 12.4. The molecule has 104 valence electrons. The first-order valence-electron chi connectivity index (χ1n) is 6.27. The van der Waals surface area contributed by atoms with Crippen molar-refractivity contribution in [2.45, 2.75) is 20.3 Å². The molecule has 2 rings (SSSR count). The van der Waals surface area contributed by atoms with Crippen molar-refractivity contribution in [2.24, 2.45) is 11.8 Å². The summed E-state index contributed by atoms with van der Waals surface area (Å²) in [6.45, 7) is 6.13. The van der Waals surface area contributed by atoms with Crippen molar-refractivity contribution in [3.63, 3.8) is 0 Å². The van der Waals surface area contributed by atoms with E-state index >= 15 is 0 Å². The largest absolute Gasteiger partial charge is 0.369 e. The Labute approximate surface area is 122 Å². The molecule has 1 aromatic carbocycles. The molecule has 1 fully saturated rings. The highest BCUT2D eigenvalue weighted by Crippen LogP contribution is 2.39. The minimum Gasteiger partial charge on any atom is -0.369 e. The molecule has 0 amide bonds. The first-order chi connectivity index (χ1) is 8.88. The molecule has 1 heterocycles. The topological polar surface area (TPSA) is 46.4 Å². The van der Waals surface area contributed by atoms with E-state index in [0.29, 0.717) is 27.6 Å². The average Bonchev–Trinajstić information content (AvgIpc) is 2.26. The normalized spacial score (nSPS) is 23.5. The van der Waals surface area contributed by atoms with E-state index in [2.05, 4.69) is 18.7 Å². The summed E-state index contributed by atoms with van der Waals surface area (Å²) in [5.41, 5.74) is 0.643. The fourth-order valence-corrected chi connectivity index (χ4v) is 3.52. The number of piperidine rings is 1. The summed E-state index contributed by atoms with van der Waals surface area (Å²) in [6.07, 6.45) is 1.18. The standard InChI is InChI=1S/C13H16Cl2N2O2/c1-8-3-9(2)7-16(6-8)13-11(14)4-10(17(18)19)5-12(13)15/h4-5,8-9H,3,6-7H2,1-2H3. The Bertz CT molecular complexity index is 474. The van der Waals surface area contributed by atoms with Crippen molar-refractivity contribution in [1.82, 2.24) is 0 Å². The van der Waals surface area contributed by atoms with Crippen LogP contribution < -0.4 is 4.90 Å². The Kier molecular flexibility index (Phi) is 4.21. The number of nitro benzene ring substituents is 1. The fraction of sp³-hybridized carbons (Fsp3) is 0.538. The van der Waals surface area contributed by atoms with Gasteiger partial charge >= 0.3 is 0 Å². The zero-order valence-electron chi connectivity index (χ0n) is 10.9. The number of hydrogen-bond acceptors (Lipinski definition) is 3. The highest BCUT2D eigenvalue weighted by Gasteiger charge is 2.26. The van der Waals surface area contributed by atoms with Gasteiger partial charge in [0.05, 0.1) is 20.7 Å². The van der Waals surface area contributed by atoms with E-state index in [0.717, 1.165) is 13.1 Å². The van der Waals surface area contributed by atoms with Gasteiger partial charge in [0.1, 0.15) is 0 Å². The number of hydrogen-bond donors (Lipinski definition) is 0. The predicted molar refractivity (Wildman–Crippen MR) is 78.3 cm³/mol. The van der Waals surface area contributed by atoms with E-state index in [-0.39, 0.29) is 5.69 Å². The van der Waals surface area contributed by atoms with Crippen molar-refractivity contribution >= 4 is 34.6 Å². The summed E-state index contributed by atoms with van der Waals surface area (Å²) in [7, 11) is 0. The van der Waals surface area contributed by atoms with Crippen LogP contribution in [0.1, 0.15) is 20.3 Å². The molecule has 4 nitrogen and oxygen atoms in total. The van der Waals surface area contributed by atoms with Gasteiger partial charge in [-0.05, 0) is 18.3 Å². The van der Waals surface area contributed by atoms with Crippen LogP contribution in [0.5, 0.6) is 0 Å². The minimum atomic E-state index is -0.483. The third-order valence-electron chi connectivity index (χ3n) is 3.40. The number of non-ortho nitro benzene ring substituents is 1. The van der Waals surface area contributed by atoms with E-state index in [1.165, 1.54) is 18.6 Å². The van der Waals surface area contributed by atoms with Gasteiger partial charge in [-0.1, -0.05) is 37.0 Å². The van der Waals surface area contributed by atoms with Gasteiger partial charge in [0.15, 0.2) is 0 Å². The Morgan fingerprint density at radius 2 is 1.68 bits per heavy atom. The van der Waals surface area contributed by atoms with Gasteiger partial charge in [-0.2, -0.15) is 0 Å². The van der Waals surface area contributed by atoms with Crippen LogP contribution >= 0.6 is 23.2 Å². The van der Waals surface area contributed by atoms with E-state index in [1.807, 2.05) is 0 Å². The molecule has 19 heavy (non-hydrogen) atoms. The number of rotatable bonds is 2. The van der Waals surface area contributed by atoms with Gasteiger partial charge in [-0.25, -0.2) is 0 Å². The molecule has 2 unspecified atom stereocenters. The molecule has 0 bridgehead atoms. The number of halogens is 2. The second-order valence-corrected chi connectivity index (χ2v) is 6.18. The number of anilines is 1. The summed E-state index contributed by atoms with van der Waals surface area (Å²) in [6, 6.07) is 2.74. The molecule has 0 aromatic heterocycles. The lowest BCUT2D eigenvalue weighted by atomic mass is 9.91. The monoisotopic (exact) mass is 302 g/mol. The molecule has 0 spiro atoms. The maximum atomic E-state index is 10.8. The molecular formula is C13H16Cl2N2O2. The third-order valence-corrected chi connectivity index (χ3v) is 3.97. The Balaban J connectivity index is 2.37. The number of benzene rings is 1. The van der Waals surface area contributed by atoms with Crippen LogP contribution in [-0.2, 0) is 0 Å². The first-order valence-corrected chi connectivity index (χ1v) is 7.02. The van der Waals surface area contributed by atoms with E-state index in [4.69, 9.17) is 23.2 Å². The summed E-state index contributed by atoms with van der Waals surface area (Å²) in [5, 5.41) is 11.5. The van der Waals surface area contributed by atoms with Gasteiger partial charge in [0.25, 0.3) is 5.69 Å². The Hall–Kier alpha value is -1.00. The van der Waals surface area contributed by atoms with Gasteiger partial charge in [0, 0.05) is 25.2 Å². The average molecular weight is 303 g/mol. The molecule has 2 atom stereocenters. The zero-order chi connectivity index (χ0) is 14.2. The third kappa shape index (κ3) is 3.12. The SMILES string of the molecule is CC1CC(C)CN(c2c(Cl)cc([N+](=O)[O-])cc2Cl)C1. The van der Waals surface area contributed by atoms with E-state index < -0.39 is 4.92 Å². The van der Waals surface area contributed by atoms with Crippen LogP contribution in [0.15, 0.2) is 12.1 Å². The van der Waals surface area contributed by atoms with Gasteiger partial charge < -0.3 is 4.90 Å². The predicted octanol–water partition coefficient (Wildman–Crippen LogP) is 4.38. The maximum absolute atomic E-state index is 10.8. The molecule has 0 N–H and O–H groups in total. The molecule has 0 radical (unpaired) electrons. The second kappa shape index (κ2) is 5.55. The van der Waals surface area contributed by atoms with Gasteiger partial charge in [-0.3, -0.25) is 10.1 Å². The van der Waals surface area contributed by atoms with E-state index in [1.54, 1.807) is 0 Å². The summed E-state index contributed by atoms with van der Waals surface area (Å²) in [5.74, 6) is 1.12. The van der Waals surface area contributed by atoms with Crippen LogP contribution in [0, 0.1) is 22.0 Å². The Morgan fingerprint density at radius 3 is 2.11 bits per heavy atom. The lowest BCUT2D eigenvalue weighted by Gasteiger charge is -2.37. The molecule has 1 saturated heterocycles. The van der Waals surface area contributed by atoms with Crippen LogP contribution in [0.4, 0.5) is 11.4 Å². The van der Waals surface area contributed by atoms with Crippen molar-refractivity contribution in [2.75, 3.05) is 18.0 Å².